The molecule has 3 rings (SSSR count). The van der Waals surface area contributed by atoms with E-state index >= 15 is 0 Å². The van der Waals surface area contributed by atoms with Crippen molar-refractivity contribution in [1.29, 1.82) is 0 Å². The summed E-state index contributed by atoms with van der Waals surface area (Å²) in [5.74, 6) is 0.723. The standard InChI is InChI=1S/C14H22Cl2N5O12P3S.4Na/c1-2-3-37-13-19-10(17)7-11(20-13)21(5-18-7)12-9(23)8(22)6(32-12)4-31-36(29,30)33-35(27,28)14(15,16)34(24,25)26;;;;/h5-6,8-9,12,22-23H,2-4H2,1H3,(H,27,28)(H,29,30)(H2,17,19,20)(H2,24,25,26);;;;/q;4*+1/p-4/t6-,8-,9-,12-;;;;/m1..../s1. The van der Waals surface area contributed by atoms with Crippen LogP contribution in [0.15, 0.2) is 11.5 Å². The van der Waals surface area contributed by atoms with E-state index in [-0.39, 0.29) is 135 Å². The Balaban J connectivity index is 0. The Kier molecular flexibility index (Phi) is 21.0. The Morgan fingerprint density at radius 2 is 1.71 bits per heavy atom. The molecule has 2 unspecified atom stereocenters. The minimum atomic E-state index is -6.33. The molecule has 1 fully saturated rings. The first kappa shape index (κ1) is 46.7. The van der Waals surface area contributed by atoms with E-state index in [1.807, 2.05) is 6.92 Å². The van der Waals surface area contributed by atoms with E-state index < -0.39 is 58.0 Å². The first-order chi connectivity index (χ1) is 16.9. The first-order valence-corrected chi connectivity index (χ1v) is 16.2. The molecule has 3 heterocycles. The minimum absolute atomic E-state index is 0. The number of imidazole rings is 1. The molecule has 41 heavy (non-hydrogen) atoms. The zero-order valence-electron chi connectivity index (χ0n) is 22.4. The van der Waals surface area contributed by atoms with Crippen molar-refractivity contribution in [3.05, 3.63) is 6.33 Å². The van der Waals surface area contributed by atoms with E-state index in [9.17, 15) is 43.5 Å². The Hall–Kier alpha value is 3.61. The Morgan fingerprint density at radius 1 is 1.12 bits per heavy atom. The maximum Gasteiger partial charge on any atom is 1.00 e. The molecule has 0 spiro atoms. The number of phosphoric acid groups is 1. The van der Waals surface area contributed by atoms with E-state index in [2.05, 4.69) is 23.8 Å². The Labute approximate surface area is 336 Å². The molecule has 2 aromatic rings. The van der Waals surface area contributed by atoms with Crippen LogP contribution in [0.2, 0.25) is 0 Å². The largest absolute Gasteiger partial charge is 1.00 e. The van der Waals surface area contributed by atoms with Crippen molar-refractivity contribution in [1.82, 2.24) is 19.5 Å². The van der Waals surface area contributed by atoms with Gasteiger partial charge in [0.25, 0.3) is 7.82 Å². The quantitative estimate of drug-likeness (QED) is 0.0635. The van der Waals surface area contributed by atoms with Crippen LogP contribution in [0.25, 0.3) is 11.2 Å². The van der Waals surface area contributed by atoms with Crippen molar-refractivity contribution in [2.75, 3.05) is 18.1 Å². The molecule has 2 aromatic heterocycles. The summed E-state index contributed by atoms with van der Waals surface area (Å²) in [6.07, 6.45) is -4.43. The maximum absolute atomic E-state index is 12.0. The number of thioether (sulfide) groups is 1. The predicted molar refractivity (Wildman–Crippen MR) is 121 cm³/mol. The van der Waals surface area contributed by atoms with Gasteiger partial charge in [-0.05, 0) is 14.0 Å². The van der Waals surface area contributed by atoms with Crippen molar-refractivity contribution < 1.29 is 175 Å². The number of aliphatic hydroxyl groups excluding tert-OH is 2. The number of halogens is 2. The van der Waals surface area contributed by atoms with Gasteiger partial charge in [-0.1, -0.05) is 41.9 Å². The van der Waals surface area contributed by atoms with Gasteiger partial charge in [0.2, 0.25) is 3.82 Å². The molecule has 0 saturated carbocycles. The number of anilines is 1. The molecule has 0 bridgehead atoms. The molecule has 0 aromatic carbocycles. The molecule has 1 saturated heterocycles. The molecular formula is C14H18Cl2N5Na4O12P3S. The average Bonchev–Trinajstić information content (AvgIpc) is 3.31. The van der Waals surface area contributed by atoms with Crippen LogP contribution in [-0.2, 0) is 27.3 Å². The third-order valence-corrected chi connectivity index (χ3v) is 13.2. The van der Waals surface area contributed by atoms with Gasteiger partial charge in [0.15, 0.2) is 30.4 Å². The maximum atomic E-state index is 12.0. The smallest absolute Gasteiger partial charge is 0.808 e. The van der Waals surface area contributed by atoms with Crippen LogP contribution in [0.5, 0.6) is 0 Å². The number of aliphatic hydroxyl groups is 2. The molecule has 1 aliphatic rings. The van der Waals surface area contributed by atoms with Crippen LogP contribution in [0.4, 0.5) is 5.82 Å². The van der Waals surface area contributed by atoms with Crippen LogP contribution >= 0.6 is 58.0 Å². The number of nitrogens with zero attached hydrogens (tertiary/aromatic N) is 4. The Morgan fingerprint density at radius 3 is 2.24 bits per heavy atom. The van der Waals surface area contributed by atoms with Gasteiger partial charge in [0.05, 0.1) is 12.9 Å². The molecule has 0 aliphatic carbocycles. The number of phosphoric ester groups is 1. The summed E-state index contributed by atoms with van der Waals surface area (Å²) in [7, 11) is -18.6. The summed E-state index contributed by atoms with van der Waals surface area (Å²) in [6.45, 7) is 0.821. The molecule has 1 aliphatic heterocycles. The van der Waals surface area contributed by atoms with Gasteiger partial charge < -0.3 is 53.9 Å². The first-order valence-electron chi connectivity index (χ1n) is 9.94. The van der Waals surface area contributed by atoms with Crippen molar-refractivity contribution in [2.45, 2.75) is 46.9 Å². The number of nitrogens with two attached hydrogens (primary N) is 1. The van der Waals surface area contributed by atoms with Crippen LogP contribution in [0.1, 0.15) is 19.6 Å². The molecule has 4 N–H and O–H groups in total. The van der Waals surface area contributed by atoms with Gasteiger partial charge in [-0.2, -0.15) is 0 Å². The van der Waals surface area contributed by atoms with Crippen LogP contribution < -0.4 is 144 Å². The average molecular weight is 736 g/mol. The summed E-state index contributed by atoms with van der Waals surface area (Å²) < 4.78 is 45.3. The molecule has 0 radical (unpaired) electrons. The topological polar surface area (TPSA) is 281 Å². The van der Waals surface area contributed by atoms with E-state index in [1.54, 1.807) is 0 Å². The van der Waals surface area contributed by atoms with Gasteiger partial charge in [0, 0.05) is 5.75 Å². The molecule has 0 amide bonds. The SMILES string of the molecule is CCCSc1nc(N)c2ncn([C@@H]3O[C@H](COP(=O)([O-])OP(=O)([O-])C(Cl)(Cl)P(=O)([O-])[O-])[C@@H](O)[C@H]3O)c2n1.[Na+].[Na+].[Na+].[Na+]. The number of rotatable bonds is 11. The summed E-state index contributed by atoms with van der Waals surface area (Å²) in [5.41, 5.74) is 6.21. The van der Waals surface area contributed by atoms with Crippen molar-refractivity contribution in [3.63, 3.8) is 0 Å². The fourth-order valence-electron chi connectivity index (χ4n) is 2.98. The van der Waals surface area contributed by atoms with Gasteiger partial charge >= 0.3 is 118 Å². The minimum Gasteiger partial charge on any atom is -0.808 e. The summed E-state index contributed by atoms with van der Waals surface area (Å²) in [4.78, 5) is 58.3. The zero-order valence-corrected chi connectivity index (χ0v) is 35.4. The number of hydrogen-bond acceptors (Lipinski definition) is 17. The van der Waals surface area contributed by atoms with Gasteiger partial charge in [-0.3, -0.25) is 13.4 Å². The fraction of sp³-hybridized carbons (Fsp3) is 0.643. The van der Waals surface area contributed by atoms with Crippen LogP contribution in [0.3, 0.4) is 0 Å². The van der Waals surface area contributed by atoms with Crippen molar-refractivity contribution in [3.8, 4) is 0 Å². The van der Waals surface area contributed by atoms with Crippen LogP contribution in [0, 0.1) is 0 Å². The van der Waals surface area contributed by atoms with E-state index in [1.165, 1.54) is 22.7 Å². The van der Waals surface area contributed by atoms with Crippen LogP contribution in [-0.4, -0.2) is 64.2 Å². The number of fused-ring (bicyclic) bond motifs is 1. The second-order valence-corrected chi connectivity index (χ2v) is 16.4. The third kappa shape index (κ3) is 11.1. The number of ether oxygens (including phenoxy) is 1. The second kappa shape index (κ2) is 18.4. The van der Waals surface area contributed by atoms with Gasteiger partial charge in [-0.25, -0.2) is 15.0 Å². The Bertz CT molecular complexity index is 1320. The zero-order chi connectivity index (χ0) is 28.0. The van der Waals surface area contributed by atoms with Gasteiger partial charge in [0.1, 0.15) is 23.8 Å². The van der Waals surface area contributed by atoms with Crippen molar-refractivity contribution >= 4 is 75.0 Å². The normalized spacial score (nSPS) is 23.7. The van der Waals surface area contributed by atoms with E-state index in [0.717, 1.165) is 6.42 Å². The van der Waals surface area contributed by atoms with Gasteiger partial charge in [-0.15, -0.1) is 0 Å². The molecular weight excluding hydrogens is 718 g/mol. The second-order valence-electron chi connectivity index (χ2n) is 7.44. The number of nitrogen functional groups attached to an aromatic ring is 1. The predicted octanol–water partition coefficient (Wildman–Crippen LogP) is -13.4. The summed E-state index contributed by atoms with van der Waals surface area (Å²) in [6, 6.07) is 0. The monoisotopic (exact) mass is 735 g/mol. The van der Waals surface area contributed by atoms with E-state index in [4.69, 9.17) is 33.7 Å². The number of alkyl halides is 2. The summed E-state index contributed by atoms with van der Waals surface area (Å²) >= 11 is 11.3. The third-order valence-electron chi connectivity index (χ3n) is 4.74. The fourth-order valence-corrected chi connectivity index (χ4v) is 7.73. The molecule has 6 atom stereocenters. The number of aromatic nitrogens is 4. The van der Waals surface area contributed by atoms with Crippen molar-refractivity contribution in [2.24, 2.45) is 0 Å². The molecule has 210 valence electrons. The summed E-state index contributed by atoms with van der Waals surface area (Å²) in [5, 5.41) is 21.1. The number of hydrogen-bond donors (Lipinski definition) is 3. The molecule has 27 heteroatoms. The molecule has 17 nitrogen and oxygen atoms in total. The van der Waals surface area contributed by atoms with E-state index in [0.29, 0.717) is 10.9 Å².